The van der Waals surface area contributed by atoms with Crippen LogP contribution in [0.2, 0.25) is 0 Å². The number of carbonyl (C=O) groups is 2. The van der Waals surface area contributed by atoms with Crippen LogP contribution in [0.3, 0.4) is 0 Å². The minimum Gasteiger partial charge on any atom is -0.507 e. The lowest BCUT2D eigenvalue weighted by molar-refractivity contribution is -0.140. The number of carboxylic acid groups (broad SMARTS) is 1. The molecule has 0 bridgehead atoms. The topological polar surface area (TPSA) is 159 Å². The Hall–Kier alpha value is -4.99. The molecule has 0 spiro atoms. The van der Waals surface area contributed by atoms with Gasteiger partial charge in [0.25, 0.3) is 5.56 Å². The molecule has 2 aromatic heterocycles. The third-order valence-corrected chi connectivity index (χ3v) is 6.52. The number of hydrogen-bond donors (Lipinski definition) is 4. The fourth-order valence-corrected chi connectivity index (χ4v) is 4.41. The van der Waals surface area contributed by atoms with E-state index in [9.17, 15) is 29.7 Å². The van der Waals surface area contributed by atoms with E-state index in [-0.39, 0.29) is 47.1 Å². The second-order valence-electron chi connectivity index (χ2n) is 9.03. The van der Waals surface area contributed by atoms with Crippen LogP contribution in [0.1, 0.15) is 45.3 Å². The minimum absolute atomic E-state index is 0.0401. The molecule has 39 heavy (non-hydrogen) atoms. The van der Waals surface area contributed by atoms with Crippen molar-refractivity contribution < 1.29 is 39.2 Å². The molecule has 0 saturated carbocycles. The van der Waals surface area contributed by atoms with Crippen LogP contribution in [0.4, 0.5) is 0 Å². The van der Waals surface area contributed by atoms with E-state index in [1.54, 1.807) is 37.3 Å². The van der Waals surface area contributed by atoms with Crippen molar-refractivity contribution in [2.75, 3.05) is 7.11 Å². The van der Waals surface area contributed by atoms with Gasteiger partial charge in [0.05, 0.1) is 30.6 Å². The molecule has 202 valence electrons. The van der Waals surface area contributed by atoms with E-state index < -0.39 is 23.4 Å². The Balaban J connectivity index is 1.72. The summed E-state index contributed by atoms with van der Waals surface area (Å²) in [6.07, 6.45) is 0.0663. The SMILES string of the molecule is COC(=O)C[C@H](c1ccc(-c2ccc(C(=O)O)cc2)o1)c1c(O)cc(C)n(CCc2ccc(O)c(O)c2)c1=O. The van der Waals surface area contributed by atoms with Crippen molar-refractivity contribution >= 4 is 11.9 Å². The molecule has 4 N–H and O–H groups in total. The predicted molar refractivity (Wildman–Crippen MR) is 140 cm³/mol. The average Bonchev–Trinajstić information content (AvgIpc) is 3.40. The fourth-order valence-electron chi connectivity index (χ4n) is 4.41. The van der Waals surface area contributed by atoms with Gasteiger partial charge in [0.2, 0.25) is 0 Å². The van der Waals surface area contributed by atoms with Gasteiger partial charge in [-0.25, -0.2) is 4.79 Å². The lowest BCUT2D eigenvalue weighted by atomic mass is 9.93. The monoisotopic (exact) mass is 533 g/mol. The molecule has 1 atom stereocenters. The van der Waals surface area contributed by atoms with Gasteiger partial charge in [0.15, 0.2) is 11.5 Å². The summed E-state index contributed by atoms with van der Waals surface area (Å²) >= 11 is 0. The Kier molecular flexibility index (Phi) is 7.75. The first-order chi connectivity index (χ1) is 18.6. The molecule has 0 unspecified atom stereocenters. The first-order valence-electron chi connectivity index (χ1n) is 12.0. The summed E-state index contributed by atoms with van der Waals surface area (Å²) in [7, 11) is 1.22. The highest BCUT2D eigenvalue weighted by molar-refractivity contribution is 5.88. The van der Waals surface area contributed by atoms with Crippen molar-refractivity contribution in [2.24, 2.45) is 0 Å². The number of hydrogen-bond acceptors (Lipinski definition) is 8. The molecule has 2 heterocycles. The van der Waals surface area contributed by atoms with Gasteiger partial charge in [-0.15, -0.1) is 0 Å². The molecule has 0 aliphatic carbocycles. The number of pyridine rings is 1. The highest BCUT2D eigenvalue weighted by Gasteiger charge is 2.29. The van der Waals surface area contributed by atoms with Crippen LogP contribution in [0.5, 0.6) is 17.2 Å². The first kappa shape index (κ1) is 27.1. The van der Waals surface area contributed by atoms with Gasteiger partial charge in [-0.05, 0) is 61.4 Å². The number of phenolic OH excluding ortho intramolecular Hbond substituents is 2. The maximum Gasteiger partial charge on any atom is 0.335 e. The van der Waals surface area contributed by atoms with Gasteiger partial charge in [-0.2, -0.15) is 0 Å². The Morgan fingerprint density at radius 2 is 1.67 bits per heavy atom. The van der Waals surface area contributed by atoms with Gasteiger partial charge >= 0.3 is 11.9 Å². The second-order valence-corrected chi connectivity index (χ2v) is 9.03. The van der Waals surface area contributed by atoms with Crippen molar-refractivity contribution in [1.29, 1.82) is 0 Å². The van der Waals surface area contributed by atoms with Gasteiger partial charge in [-0.3, -0.25) is 9.59 Å². The van der Waals surface area contributed by atoms with E-state index in [1.807, 2.05) is 0 Å². The van der Waals surface area contributed by atoms with Crippen molar-refractivity contribution in [3.63, 3.8) is 0 Å². The lowest BCUT2D eigenvalue weighted by Crippen LogP contribution is -2.29. The maximum absolute atomic E-state index is 13.7. The highest BCUT2D eigenvalue weighted by Crippen LogP contribution is 2.36. The lowest BCUT2D eigenvalue weighted by Gasteiger charge is -2.19. The minimum atomic E-state index is -1.06. The predicted octanol–water partition coefficient (Wildman–Crippen LogP) is 4.17. The molecule has 10 heteroatoms. The first-order valence-corrected chi connectivity index (χ1v) is 12.0. The number of carbonyl (C=O) groups excluding carboxylic acids is 1. The molecular formula is C29H27NO9. The second kappa shape index (κ2) is 11.2. The molecule has 0 saturated heterocycles. The van der Waals surface area contributed by atoms with Crippen LogP contribution in [0, 0.1) is 6.92 Å². The molecule has 0 aliphatic heterocycles. The number of aromatic hydroxyl groups is 3. The van der Waals surface area contributed by atoms with Gasteiger partial charge in [0, 0.05) is 17.8 Å². The summed E-state index contributed by atoms with van der Waals surface area (Å²) in [6.45, 7) is 1.87. The molecule has 0 radical (unpaired) electrons. The molecule has 0 amide bonds. The number of aryl methyl sites for hydroxylation is 2. The van der Waals surface area contributed by atoms with E-state index in [2.05, 4.69) is 0 Å². The normalized spacial score (nSPS) is 11.7. The summed E-state index contributed by atoms with van der Waals surface area (Å²) in [5.41, 5.74) is 1.31. The molecule has 10 nitrogen and oxygen atoms in total. The Bertz CT molecular complexity index is 1580. The third kappa shape index (κ3) is 5.80. The molecule has 0 aliphatic rings. The summed E-state index contributed by atoms with van der Waals surface area (Å²) in [6, 6.07) is 15.1. The largest absolute Gasteiger partial charge is 0.507 e. The highest BCUT2D eigenvalue weighted by atomic mass is 16.5. The summed E-state index contributed by atoms with van der Waals surface area (Å²) in [5, 5.41) is 39.3. The van der Waals surface area contributed by atoms with Crippen molar-refractivity contribution in [1.82, 2.24) is 4.57 Å². The van der Waals surface area contributed by atoms with Crippen LogP contribution >= 0.6 is 0 Å². The number of methoxy groups -OCH3 is 1. The number of carboxylic acids is 1. The molecule has 4 aromatic rings. The maximum atomic E-state index is 13.7. The van der Waals surface area contributed by atoms with Crippen LogP contribution in [-0.4, -0.2) is 44.0 Å². The average molecular weight is 534 g/mol. The fraction of sp³-hybridized carbons (Fsp3) is 0.207. The number of rotatable bonds is 9. The summed E-state index contributed by atoms with van der Waals surface area (Å²) in [4.78, 5) is 37.2. The number of aromatic carboxylic acids is 1. The van der Waals surface area contributed by atoms with Gasteiger partial charge in [0.1, 0.15) is 17.3 Å². The smallest absolute Gasteiger partial charge is 0.335 e. The van der Waals surface area contributed by atoms with Crippen LogP contribution in [-0.2, 0) is 22.5 Å². The zero-order valence-electron chi connectivity index (χ0n) is 21.2. The standard InChI is InChI=1S/C29H27NO9/c1-16-13-23(33)27(28(35)30(16)12-11-17-3-8-21(31)22(32)14-17)20(15-26(34)38-2)25-10-9-24(39-25)18-4-6-19(7-5-18)29(36)37/h3-10,13-14,20,31-33H,11-12,15H2,1-2H3,(H,36,37)/t20-/m1/s1. The van der Waals surface area contributed by atoms with E-state index >= 15 is 0 Å². The van der Waals surface area contributed by atoms with E-state index in [4.69, 9.17) is 14.3 Å². The number of esters is 1. The van der Waals surface area contributed by atoms with Crippen LogP contribution in [0.15, 0.2) is 69.9 Å². The van der Waals surface area contributed by atoms with E-state index in [1.165, 1.54) is 42.0 Å². The number of phenols is 2. The zero-order chi connectivity index (χ0) is 28.3. The Labute approximate surface area is 223 Å². The van der Waals surface area contributed by atoms with E-state index in [0.29, 0.717) is 29.0 Å². The summed E-state index contributed by atoms with van der Waals surface area (Å²) in [5.74, 6) is -2.84. The number of ether oxygens (including phenoxy) is 1. The zero-order valence-corrected chi connectivity index (χ0v) is 21.2. The van der Waals surface area contributed by atoms with Gasteiger partial charge < -0.3 is 34.1 Å². The molecular weight excluding hydrogens is 506 g/mol. The number of nitrogens with zero attached hydrogens (tertiary/aromatic N) is 1. The van der Waals surface area contributed by atoms with Crippen molar-refractivity contribution in [3.8, 4) is 28.6 Å². The number of benzene rings is 2. The van der Waals surface area contributed by atoms with Crippen LogP contribution < -0.4 is 5.56 Å². The quantitative estimate of drug-likeness (QED) is 0.183. The molecule has 4 rings (SSSR count). The Morgan fingerprint density at radius 1 is 0.949 bits per heavy atom. The van der Waals surface area contributed by atoms with Crippen LogP contribution in [0.25, 0.3) is 11.3 Å². The molecule has 0 fully saturated rings. The van der Waals surface area contributed by atoms with Crippen molar-refractivity contribution in [2.45, 2.75) is 32.2 Å². The number of aromatic nitrogens is 1. The van der Waals surface area contributed by atoms with E-state index in [0.717, 1.165) is 0 Å². The summed E-state index contributed by atoms with van der Waals surface area (Å²) < 4.78 is 12.3. The van der Waals surface area contributed by atoms with Gasteiger partial charge in [-0.1, -0.05) is 18.2 Å². The molecule has 2 aromatic carbocycles. The van der Waals surface area contributed by atoms with Crippen molar-refractivity contribution in [3.05, 3.63) is 99.2 Å². The number of furan rings is 1. The Morgan fingerprint density at radius 3 is 2.31 bits per heavy atom. The third-order valence-electron chi connectivity index (χ3n) is 6.52.